The zero-order chi connectivity index (χ0) is 51.3. The molecule has 1 aliphatic rings. The standard InChI is InChI=1S/C57H52N4O/c1-56(2,3)42-30-31-58-54(34-42)61-52-27-16-14-23-49(52)50-29-28-45(36-53(50)61)62-46-33-43(57(4,5)6)32-44(35-46)60-38-59(37-41-22-13-15-26-51(41)60)55-47(39-18-9-7-10-19-39)24-17-25-48(55)40-20-11-8-12-21-40/h7-36H,37-38H2,1-6H3/i7D,8D,9D,10D,11D,12D,18D,19D,20D,21D. The molecule has 306 valence electrons. The number of fused-ring (bicyclic) bond motifs is 4. The minimum atomic E-state index is -0.544. The number of para-hydroxylation sites is 3. The van der Waals surface area contributed by atoms with E-state index in [0.717, 1.165) is 55.7 Å². The Kier molecular flexibility index (Phi) is 7.26. The summed E-state index contributed by atoms with van der Waals surface area (Å²) < 4.78 is 96.9. The molecule has 0 amide bonds. The normalized spacial score (nSPS) is 15.4. The average molecular weight is 819 g/mol. The number of rotatable bonds is 7. The van der Waals surface area contributed by atoms with Gasteiger partial charge in [-0.25, -0.2) is 4.98 Å². The highest BCUT2D eigenvalue weighted by molar-refractivity contribution is 6.09. The van der Waals surface area contributed by atoms with Gasteiger partial charge in [-0.2, -0.15) is 0 Å². The maximum Gasteiger partial charge on any atom is 0.137 e. The van der Waals surface area contributed by atoms with E-state index in [0.29, 0.717) is 17.2 Å². The number of ether oxygens (including phenoxy) is 1. The van der Waals surface area contributed by atoms with Crippen LogP contribution in [-0.2, 0) is 17.4 Å². The van der Waals surface area contributed by atoms with Gasteiger partial charge < -0.3 is 14.5 Å². The van der Waals surface area contributed by atoms with E-state index in [2.05, 4.69) is 99.5 Å². The lowest BCUT2D eigenvalue weighted by atomic mass is 9.86. The second kappa shape index (κ2) is 15.4. The molecule has 0 spiro atoms. The summed E-state index contributed by atoms with van der Waals surface area (Å²) in [7, 11) is 0. The molecule has 5 nitrogen and oxygen atoms in total. The molecule has 0 saturated carbocycles. The number of benzene rings is 7. The van der Waals surface area contributed by atoms with Gasteiger partial charge in [-0.05, 0) is 87.2 Å². The van der Waals surface area contributed by atoms with Crippen molar-refractivity contribution < 1.29 is 18.4 Å². The molecule has 5 heteroatoms. The summed E-state index contributed by atoms with van der Waals surface area (Å²) in [5.74, 6) is 2.01. The third-order valence-electron chi connectivity index (χ3n) is 11.6. The first kappa shape index (κ1) is 29.2. The molecule has 0 radical (unpaired) electrons. The maximum absolute atomic E-state index is 9.11. The number of anilines is 3. The minimum Gasteiger partial charge on any atom is -0.457 e. The van der Waals surface area contributed by atoms with Crippen LogP contribution >= 0.6 is 0 Å². The third kappa shape index (κ3) is 7.28. The second-order valence-electron chi connectivity index (χ2n) is 17.8. The summed E-state index contributed by atoms with van der Waals surface area (Å²) in [5, 5.41) is 2.15. The lowest BCUT2D eigenvalue weighted by molar-refractivity contribution is 0.479. The van der Waals surface area contributed by atoms with Crippen molar-refractivity contribution in [3.05, 3.63) is 199 Å². The highest BCUT2D eigenvalue weighted by Crippen LogP contribution is 2.46. The summed E-state index contributed by atoms with van der Waals surface area (Å²) in [6.07, 6.45) is 1.86. The van der Waals surface area contributed by atoms with Gasteiger partial charge in [0.25, 0.3) is 0 Å². The monoisotopic (exact) mass is 818 g/mol. The minimum absolute atomic E-state index is 0.0743. The largest absolute Gasteiger partial charge is 0.457 e. The van der Waals surface area contributed by atoms with Crippen LogP contribution < -0.4 is 14.5 Å². The Balaban J connectivity index is 1.15. The maximum atomic E-state index is 9.11. The van der Waals surface area contributed by atoms with Gasteiger partial charge in [0, 0.05) is 58.1 Å². The van der Waals surface area contributed by atoms with Crippen LogP contribution in [0.5, 0.6) is 11.5 Å². The van der Waals surface area contributed by atoms with Gasteiger partial charge in [-0.1, -0.05) is 157 Å². The van der Waals surface area contributed by atoms with Crippen LogP contribution in [0.15, 0.2) is 182 Å². The van der Waals surface area contributed by atoms with Crippen molar-refractivity contribution in [2.45, 2.75) is 58.9 Å². The molecule has 9 aromatic rings. The predicted octanol–water partition coefficient (Wildman–Crippen LogP) is 15.0. The topological polar surface area (TPSA) is 33.5 Å². The number of pyridine rings is 1. The van der Waals surface area contributed by atoms with Gasteiger partial charge in [0.15, 0.2) is 0 Å². The quantitative estimate of drug-likeness (QED) is 0.160. The van der Waals surface area contributed by atoms with E-state index >= 15 is 0 Å². The first-order chi connectivity index (χ1) is 34.1. The fourth-order valence-corrected chi connectivity index (χ4v) is 8.47. The molecule has 0 fully saturated rings. The van der Waals surface area contributed by atoms with Crippen LogP contribution in [-0.4, -0.2) is 16.2 Å². The highest BCUT2D eigenvalue weighted by atomic mass is 16.5. The van der Waals surface area contributed by atoms with Crippen molar-refractivity contribution in [2.24, 2.45) is 0 Å². The molecule has 0 bridgehead atoms. The molecule has 3 heterocycles. The molecule has 62 heavy (non-hydrogen) atoms. The fraction of sp³-hybridized carbons (Fsp3) is 0.175. The van der Waals surface area contributed by atoms with E-state index < -0.39 is 60.4 Å². The average Bonchev–Trinajstić information content (AvgIpc) is 3.69. The van der Waals surface area contributed by atoms with E-state index in [-0.39, 0.29) is 46.3 Å². The summed E-state index contributed by atoms with van der Waals surface area (Å²) in [5.41, 5.74) is 6.92. The second-order valence-corrected chi connectivity index (χ2v) is 17.8. The van der Waals surface area contributed by atoms with Gasteiger partial charge in [0.1, 0.15) is 17.3 Å². The molecule has 1 aliphatic heterocycles. The van der Waals surface area contributed by atoms with Crippen LogP contribution in [0.3, 0.4) is 0 Å². The van der Waals surface area contributed by atoms with E-state index in [4.69, 9.17) is 23.4 Å². The Morgan fingerprint density at radius 3 is 1.95 bits per heavy atom. The van der Waals surface area contributed by atoms with Crippen molar-refractivity contribution in [1.82, 2.24) is 9.55 Å². The van der Waals surface area contributed by atoms with E-state index in [1.165, 1.54) is 0 Å². The summed E-state index contributed by atoms with van der Waals surface area (Å²) in [6.45, 7) is 13.4. The molecule has 10 rings (SSSR count). The highest BCUT2D eigenvalue weighted by Gasteiger charge is 2.29. The van der Waals surface area contributed by atoms with Gasteiger partial charge in [-0.15, -0.1) is 0 Å². The van der Waals surface area contributed by atoms with Crippen molar-refractivity contribution in [1.29, 1.82) is 0 Å². The fourth-order valence-electron chi connectivity index (χ4n) is 8.47. The van der Waals surface area contributed by atoms with Crippen molar-refractivity contribution >= 4 is 38.9 Å². The number of aromatic nitrogens is 2. The SMILES string of the molecule is [2H]c1c([2H])c([2H])c(-c2cccc(-c3c([2H])c([2H])c([2H])c([2H])c3[2H])c2N2Cc3ccccc3N(c3cc(Oc4ccc5c6ccccc6n(-c6cc(C(C)(C)C)ccn6)c5c4)cc(C(C)(C)C)c3)C2)c([2H])c1[2H]. The number of nitrogens with zero attached hydrogens (tertiary/aromatic N) is 4. The Bertz CT molecular complexity index is 3540. The molecular formula is C57H52N4O. The number of hydrogen-bond donors (Lipinski definition) is 0. The molecular weight excluding hydrogens is 757 g/mol. The van der Waals surface area contributed by atoms with Crippen molar-refractivity contribution in [3.8, 4) is 39.6 Å². The molecule has 0 atom stereocenters. The molecule has 2 aromatic heterocycles. The van der Waals surface area contributed by atoms with Crippen molar-refractivity contribution in [3.63, 3.8) is 0 Å². The van der Waals surface area contributed by atoms with Crippen LogP contribution in [0, 0.1) is 0 Å². The summed E-state index contributed by atoms with van der Waals surface area (Å²) in [6, 6.07) is 32.8. The van der Waals surface area contributed by atoms with Gasteiger partial charge >= 0.3 is 0 Å². The Hall–Kier alpha value is -7.11. The Labute approximate surface area is 379 Å². The summed E-state index contributed by atoms with van der Waals surface area (Å²) in [4.78, 5) is 8.97. The van der Waals surface area contributed by atoms with Gasteiger partial charge in [0.05, 0.1) is 37.1 Å². The lowest BCUT2D eigenvalue weighted by Gasteiger charge is -2.41. The van der Waals surface area contributed by atoms with E-state index in [1.807, 2.05) is 59.6 Å². The molecule has 0 N–H and O–H groups in total. The third-order valence-corrected chi connectivity index (χ3v) is 11.6. The number of hydrogen-bond acceptors (Lipinski definition) is 4. The first-order valence-corrected chi connectivity index (χ1v) is 20.9. The predicted molar refractivity (Wildman–Crippen MR) is 259 cm³/mol. The molecule has 0 saturated heterocycles. The lowest BCUT2D eigenvalue weighted by Crippen LogP contribution is -2.40. The first-order valence-electron chi connectivity index (χ1n) is 25.9. The van der Waals surface area contributed by atoms with Gasteiger partial charge in [0.2, 0.25) is 0 Å². The Morgan fingerprint density at radius 2 is 1.24 bits per heavy atom. The zero-order valence-corrected chi connectivity index (χ0v) is 35.7. The van der Waals surface area contributed by atoms with Crippen LogP contribution in [0.2, 0.25) is 0 Å². The molecule has 7 aromatic carbocycles. The van der Waals surface area contributed by atoms with E-state index in [1.54, 1.807) is 18.2 Å². The van der Waals surface area contributed by atoms with Crippen LogP contribution in [0.1, 0.15) is 71.9 Å². The molecule has 0 unspecified atom stereocenters. The molecule has 0 aliphatic carbocycles. The Morgan fingerprint density at radius 1 is 0.581 bits per heavy atom. The van der Waals surface area contributed by atoms with Crippen LogP contribution in [0.4, 0.5) is 17.1 Å². The smallest absolute Gasteiger partial charge is 0.137 e. The summed E-state index contributed by atoms with van der Waals surface area (Å²) >= 11 is 0. The van der Waals surface area contributed by atoms with Crippen molar-refractivity contribution in [2.75, 3.05) is 16.5 Å². The zero-order valence-electron chi connectivity index (χ0n) is 45.7. The van der Waals surface area contributed by atoms with E-state index in [9.17, 15) is 0 Å². The van der Waals surface area contributed by atoms with Gasteiger partial charge in [-0.3, -0.25) is 4.57 Å². The van der Waals surface area contributed by atoms with Crippen LogP contribution in [0.25, 0.3) is 49.9 Å².